The molecule has 0 radical (unpaired) electrons. The van der Waals surface area contributed by atoms with Crippen LogP contribution in [0.1, 0.15) is 0 Å². The Morgan fingerprint density at radius 2 is 1.94 bits per heavy atom. The minimum Gasteiger partial charge on any atom is -0.497 e. The molecule has 0 aromatic heterocycles. The Labute approximate surface area is 98.1 Å². The van der Waals surface area contributed by atoms with E-state index in [-0.39, 0.29) is 5.11 Å². The topological polar surface area (TPSA) is 88.4 Å². The summed E-state index contributed by atoms with van der Waals surface area (Å²) in [6.45, 7) is 0. The number of nitrogens with one attached hydrogen (secondary N) is 3. The number of ether oxygens (including phenoxy) is 1. The fraction of sp³-hybridized carbons (Fsp3) is 0.111. The van der Waals surface area contributed by atoms with E-state index in [1.54, 1.807) is 31.4 Å². The first-order valence-electron chi connectivity index (χ1n) is 4.38. The molecule has 0 aliphatic carbocycles. The molecule has 1 aromatic rings. The van der Waals surface area contributed by atoms with E-state index >= 15 is 0 Å². The van der Waals surface area contributed by atoms with Crippen LogP contribution in [-0.2, 0) is 0 Å². The van der Waals surface area contributed by atoms with Crippen molar-refractivity contribution in [2.45, 2.75) is 0 Å². The highest BCUT2D eigenvalue weighted by molar-refractivity contribution is 7.80. The van der Waals surface area contributed by atoms with Gasteiger partial charge in [0.2, 0.25) is 0 Å². The van der Waals surface area contributed by atoms with Crippen LogP contribution in [0.3, 0.4) is 0 Å². The number of carbonyl (C=O) groups excluding carboxylic acids is 1. The summed E-state index contributed by atoms with van der Waals surface area (Å²) >= 11 is 4.89. The molecular formula is C9H12N4O2S. The van der Waals surface area contributed by atoms with E-state index in [9.17, 15) is 4.79 Å². The molecule has 0 unspecified atom stereocenters. The molecule has 0 heterocycles. The standard InChI is InChI=1S/C9H12N4O2S/c1-15-7-4-2-6(3-5-7)11-9(16)13-12-8(10)14/h2-5H,1H3,(H3,10,12,14)(H2,11,13,16). The van der Waals surface area contributed by atoms with Gasteiger partial charge < -0.3 is 15.8 Å². The van der Waals surface area contributed by atoms with E-state index in [0.29, 0.717) is 0 Å². The summed E-state index contributed by atoms with van der Waals surface area (Å²) in [5.41, 5.74) is 10.2. The number of methoxy groups -OCH3 is 1. The van der Waals surface area contributed by atoms with Gasteiger partial charge in [-0.15, -0.1) is 0 Å². The number of carbonyl (C=O) groups is 1. The minimum absolute atomic E-state index is 0.240. The van der Waals surface area contributed by atoms with Crippen LogP contribution in [0, 0.1) is 0 Å². The summed E-state index contributed by atoms with van der Waals surface area (Å²) in [4.78, 5) is 10.4. The SMILES string of the molecule is COc1ccc(NC(=S)NNC(N)=O)cc1. The average Bonchev–Trinajstić information content (AvgIpc) is 2.27. The molecule has 0 saturated heterocycles. The first-order chi connectivity index (χ1) is 7.61. The van der Waals surface area contributed by atoms with Gasteiger partial charge in [-0.25, -0.2) is 10.2 Å². The van der Waals surface area contributed by atoms with Gasteiger partial charge in [0, 0.05) is 5.69 Å². The number of primary amides is 1. The van der Waals surface area contributed by atoms with Crippen LogP contribution in [0.4, 0.5) is 10.5 Å². The van der Waals surface area contributed by atoms with Gasteiger partial charge in [-0.1, -0.05) is 0 Å². The van der Waals surface area contributed by atoms with Crippen molar-refractivity contribution in [1.82, 2.24) is 10.9 Å². The van der Waals surface area contributed by atoms with Gasteiger partial charge in [-0.2, -0.15) is 0 Å². The average molecular weight is 240 g/mol. The number of anilines is 1. The Balaban J connectivity index is 2.46. The van der Waals surface area contributed by atoms with Crippen LogP contribution in [0.25, 0.3) is 0 Å². The Morgan fingerprint density at radius 1 is 1.31 bits per heavy atom. The fourth-order valence-corrected chi connectivity index (χ4v) is 1.12. The quantitative estimate of drug-likeness (QED) is 0.448. The zero-order valence-electron chi connectivity index (χ0n) is 8.61. The van der Waals surface area contributed by atoms with Gasteiger partial charge in [0.05, 0.1) is 7.11 Å². The van der Waals surface area contributed by atoms with Gasteiger partial charge in [-0.05, 0) is 36.5 Å². The monoisotopic (exact) mass is 240 g/mol. The van der Waals surface area contributed by atoms with Crippen molar-refractivity contribution >= 4 is 29.0 Å². The van der Waals surface area contributed by atoms with E-state index in [1.807, 2.05) is 0 Å². The van der Waals surface area contributed by atoms with Crippen LogP contribution in [-0.4, -0.2) is 18.3 Å². The first kappa shape index (κ1) is 12.1. The molecule has 0 saturated carbocycles. The lowest BCUT2D eigenvalue weighted by molar-refractivity contribution is 0.247. The number of thiocarbonyl (C=S) groups is 1. The molecule has 0 atom stereocenters. The van der Waals surface area contributed by atoms with Crippen LogP contribution in [0.2, 0.25) is 0 Å². The van der Waals surface area contributed by atoms with E-state index in [0.717, 1.165) is 11.4 Å². The van der Waals surface area contributed by atoms with Crippen molar-refractivity contribution < 1.29 is 9.53 Å². The van der Waals surface area contributed by atoms with Crippen molar-refractivity contribution in [2.24, 2.45) is 5.73 Å². The predicted octanol–water partition coefficient (Wildman–Crippen LogP) is 0.565. The first-order valence-corrected chi connectivity index (χ1v) is 4.79. The zero-order chi connectivity index (χ0) is 12.0. The summed E-state index contributed by atoms with van der Waals surface area (Å²) < 4.78 is 5.00. The molecule has 1 aromatic carbocycles. The molecule has 2 amide bonds. The maximum Gasteiger partial charge on any atom is 0.330 e. The highest BCUT2D eigenvalue weighted by atomic mass is 32.1. The maximum absolute atomic E-state index is 10.4. The zero-order valence-corrected chi connectivity index (χ0v) is 9.43. The number of rotatable bonds is 2. The summed E-state index contributed by atoms with van der Waals surface area (Å²) in [5.74, 6) is 0.750. The largest absolute Gasteiger partial charge is 0.497 e. The smallest absolute Gasteiger partial charge is 0.330 e. The van der Waals surface area contributed by atoms with E-state index < -0.39 is 6.03 Å². The molecule has 0 bridgehead atoms. The minimum atomic E-state index is -0.709. The lowest BCUT2D eigenvalue weighted by atomic mass is 10.3. The van der Waals surface area contributed by atoms with Gasteiger partial charge >= 0.3 is 6.03 Å². The Hall–Kier alpha value is -2.02. The number of hydrogen-bond donors (Lipinski definition) is 4. The highest BCUT2D eigenvalue weighted by Gasteiger charge is 1.98. The van der Waals surface area contributed by atoms with Crippen LogP contribution in [0.15, 0.2) is 24.3 Å². The molecule has 0 aliphatic rings. The molecule has 1 rings (SSSR count). The number of hydrazine groups is 1. The van der Waals surface area contributed by atoms with E-state index in [1.165, 1.54) is 0 Å². The van der Waals surface area contributed by atoms with Gasteiger partial charge in [-0.3, -0.25) is 5.43 Å². The third-order valence-corrected chi connectivity index (χ3v) is 1.85. The number of nitrogens with two attached hydrogens (primary N) is 1. The van der Waals surface area contributed by atoms with Crippen molar-refractivity contribution in [3.05, 3.63) is 24.3 Å². The second kappa shape index (κ2) is 5.76. The van der Waals surface area contributed by atoms with Crippen LogP contribution < -0.4 is 26.6 Å². The van der Waals surface area contributed by atoms with E-state index in [4.69, 9.17) is 22.7 Å². The molecular weight excluding hydrogens is 228 g/mol. The molecule has 0 fully saturated rings. The lowest BCUT2D eigenvalue weighted by Gasteiger charge is -2.10. The fourth-order valence-electron chi connectivity index (χ4n) is 0.955. The molecule has 7 heteroatoms. The number of hydrogen-bond acceptors (Lipinski definition) is 3. The lowest BCUT2D eigenvalue weighted by Crippen LogP contribution is -2.46. The summed E-state index contributed by atoms with van der Waals surface area (Å²) in [6.07, 6.45) is 0. The molecule has 86 valence electrons. The molecule has 16 heavy (non-hydrogen) atoms. The number of urea groups is 1. The second-order valence-electron chi connectivity index (χ2n) is 2.80. The Bertz CT molecular complexity index is 380. The van der Waals surface area contributed by atoms with Crippen molar-refractivity contribution in [3.63, 3.8) is 0 Å². The maximum atomic E-state index is 10.4. The number of benzene rings is 1. The third-order valence-electron chi connectivity index (χ3n) is 1.65. The normalized spacial score (nSPS) is 9.06. The molecule has 0 aliphatic heterocycles. The highest BCUT2D eigenvalue weighted by Crippen LogP contribution is 2.14. The Morgan fingerprint density at radius 3 is 2.44 bits per heavy atom. The second-order valence-corrected chi connectivity index (χ2v) is 3.21. The number of amides is 2. The van der Waals surface area contributed by atoms with E-state index in [2.05, 4.69) is 16.2 Å². The van der Waals surface area contributed by atoms with Gasteiger partial charge in [0.15, 0.2) is 5.11 Å². The molecule has 6 nitrogen and oxygen atoms in total. The summed E-state index contributed by atoms with van der Waals surface area (Å²) in [5, 5.41) is 3.08. The van der Waals surface area contributed by atoms with Crippen molar-refractivity contribution in [2.75, 3.05) is 12.4 Å². The third kappa shape index (κ3) is 4.01. The van der Waals surface area contributed by atoms with Gasteiger partial charge in [0.25, 0.3) is 0 Å². The van der Waals surface area contributed by atoms with Crippen LogP contribution in [0.5, 0.6) is 5.75 Å². The van der Waals surface area contributed by atoms with Gasteiger partial charge in [0.1, 0.15) is 5.75 Å². The summed E-state index contributed by atoms with van der Waals surface area (Å²) in [6, 6.07) is 6.44. The Kier molecular flexibility index (Phi) is 4.34. The van der Waals surface area contributed by atoms with Crippen molar-refractivity contribution in [3.8, 4) is 5.75 Å². The van der Waals surface area contributed by atoms with Crippen LogP contribution >= 0.6 is 12.2 Å². The molecule has 0 spiro atoms. The summed E-state index contributed by atoms with van der Waals surface area (Å²) in [7, 11) is 1.59. The van der Waals surface area contributed by atoms with Crippen molar-refractivity contribution in [1.29, 1.82) is 0 Å². The predicted molar refractivity (Wildman–Crippen MR) is 65.1 cm³/mol. The molecule has 5 N–H and O–H groups in total.